The highest BCUT2D eigenvalue weighted by Crippen LogP contribution is 2.21. The van der Waals surface area contributed by atoms with Crippen molar-refractivity contribution >= 4 is 17.6 Å². The van der Waals surface area contributed by atoms with Crippen molar-refractivity contribution in [3.8, 4) is 0 Å². The zero-order chi connectivity index (χ0) is 20.4. The normalized spacial score (nSPS) is 17.9. The number of rotatable bonds is 4. The van der Waals surface area contributed by atoms with E-state index in [0.717, 1.165) is 12.0 Å². The Morgan fingerprint density at radius 3 is 2.86 bits per heavy atom. The Hall–Kier alpha value is -3.49. The fourth-order valence-corrected chi connectivity index (χ4v) is 3.52. The van der Waals surface area contributed by atoms with Gasteiger partial charge in [-0.15, -0.1) is 5.10 Å². The highest BCUT2D eigenvalue weighted by molar-refractivity contribution is 6.00. The Morgan fingerprint density at radius 2 is 2.07 bits per heavy atom. The first-order valence-electron chi connectivity index (χ1n) is 9.62. The number of H-pyrrole nitrogens is 1. The smallest absolute Gasteiger partial charge is 0.291 e. The molecule has 0 fully saturated rings. The quantitative estimate of drug-likeness (QED) is 0.701. The number of aryl methyl sites for hydroxylation is 1. The van der Waals surface area contributed by atoms with Gasteiger partial charge in [0.05, 0.1) is 6.20 Å². The number of aromatic amines is 1. The summed E-state index contributed by atoms with van der Waals surface area (Å²) in [5.74, 6) is 0.670. The van der Waals surface area contributed by atoms with Crippen LogP contribution in [0.4, 0.5) is 5.82 Å². The highest BCUT2D eigenvalue weighted by Gasteiger charge is 2.29. The van der Waals surface area contributed by atoms with Gasteiger partial charge >= 0.3 is 0 Å². The first-order chi connectivity index (χ1) is 14.0. The van der Waals surface area contributed by atoms with Gasteiger partial charge < -0.3 is 5.32 Å². The lowest BCUT2D eigenvalue weighted by Gasteiger charge is -2.27. The summed E-state index contributed by atoms with van der Waals surface area (Å²) in [6.45, 7) is 2.68. The zero-order valence-electron chi connectivity index (χ0n) is 16.4. The topological polar surface area (TPSA) is 109 Å². The van der Waals surface area contributed by atoms with Gasteiger partial charge in [-0.2, -0.15) is 5.10 Å². The molecular weight excluding hydrogens is 370 g/mol. The molecule has 1 aromatic carbocycles. The second-order valence-corrected chi connectivity index (χ2v) is 7.15. The van der Waals surface area contributed by atoms with Crippen LogP contribution in [0.5, 0.6) is 0 Å². The molecule has 0 saturated heterocycles. The van der Waals surface area contributed by atoms with Gasteiger partial charge in [0.15, 0.2) is 0 Å². The van der Waals surface area contributed by atoms with Gasteiger partial charge in [-0.05, 0) is 18.4 Å². The Balaban J connectivity index is 1.47. The number of hydrogen-bond donors (Lipinski definition) is 2. The van der Waals surface area contributed by atoms with Gasteiger partial charge in [-0.25, -0.2) is 9.67 Å². The van der Waals surface area contributed by atoms with Gasteiger partial charge in [-0.3, -0.25) is 19.6 Å². The van der Waals surface area contributed by atoms with E-state index in [1.807, 2.05) is 37.3 Å². The van der Waals surface area contributed by atoms with Gasteiger partial charge in [0.1, 0.15) is 17.7 Å². The summed E-state index contributed by atoms with van der Waals surface area (Å²) < 4.78 is 1.79. The number of amides is 2. The Bertz CT molecular complexity index is 1010. The van der Waals surface area contributed by atoms with Crippen LogP contribution in [0.15, 0.2) is 42.6 Å². The van der Waals surface area contributed by atoms with Crippen LogP contribution in [0.3, 0.4) is 0 Å². The zero-order valence-corrected chi connectivity index (χ0v) is 16.4. The molecular formula is C20H23N7O2. The number of hydrogen-bond acceptors (Lipinski definition) is 5. The lowest BCUT2D eigenvalue weighted by molar-refractivity contribution is -0.120. The van der Waals surface area contributed by atoms with Gasteiger partial charge in [0.25, 0.3) is 5.91 Å². The number of carbonyl (C=O) groups excluding carboxylic acids is 2. The Kier molecular flexibility index (Phi) is 5.11. The van der Waals surface area contributed by atoms with Crippen LogP contribution in [-0.4, -0.2) is 49.9 Å². The minimum atomic E-state index is -0.635. The highest BCUT2D eigenvalue weighted by atomic mass is 16.2. The van der Waals surface area contributed by atoms with E-state index < -0.39 is 11.9 Å². The first kappa shape index (κ1) is 18.9. The molecule has 0 spiro atoms. The molecule has 0 radical (unpaired) electrons. The molecule has 29 heavy (non-hydrogen) atoms. The van der Waals surface area contributed by atoms with Crippen molar-refractivity contribution in [2.24, 2.45) is 0 Å². The monoisotopic (exact) mass is 393 g/mol. The maximum atomic E-state index is 12.8. The predicted molar refractivity (Wildman–Crippen MR) is 106 cm³/mol. The number of benzene rings is 1. The fourth-order valence-electron chi connectivity index (χ4n) is 3.52. The first-order valence-corrected chi connectivity index (χ1v) is 9.62. The van der Waals surface area contributed by atoms with Gasteiger partial charge in [-0.1, -0.05) is 37.3 Å². The summed E-state index contributed by atoms with van der Waals surface area (Å²) in [4.78, 5) is 31.4. The third kappa shape index (κ3) is 3.75. The molecule has 1 aliphatic heterocycles. The van der Waals surface area contributed by atoms with E-state index >= 15 is 0 Å². The van der Waals surface area contributed by atoms with Crippen molar-refractivity contribution in [2.45, 2.75) is 38.3 Å². The number of carbonyl (C=O) groups is 2. The molecule has 2 amide bonds. The molecule has 0 saturated carbocycles. The van der Waals surface area contributed by atoms with E-state index in [0.29, 0.717) is 24.6 Å². The van der Waals surface area contributed by atoms with Crippen LogP contribution in [0.1, 0.15) is 47.7 Å². The third-order valence-electron chi connectivity index (χ3n) is 5.25. The Labute approximate surface area is 168 Å². The van der Waals surface area contributed by atoms with Crippen molar-refractivity contribution in [1.82, 2.24) is 30.3 Å². The molecule has 9 heteroatoms. The number of nitrogens with zero attached hydrogens (tertiary/aromatic N) is 5. The van der Waals surface area contributed by atoms with Crippen LogP contribution in [0, 0.1) is 0 Å². The number of anilines is 1. The van der Waals surface area contributed by atoms with Crippen LogP contribution in [-0.2, 0) is 11.3 Å². The average Bonchev–Trinajstić information content (AvgIpc) is 3.41. The molecule has 2 N–H and O–H groups in total. The van der Waals surface area contributed by atoms with Crippen LogP contribution >= 0.6 is 0 Å². The largest absolute Gasteiger partial charge is 0.337 e. The number of aromatic nitrogens is 5. The van der Waals surface area contributed by atoms with Crippen molar-refractivity contribution in [3.63, 3.8) is 0 Å². The van der Waals surface area contributed by atoms with E-state index in [9.17, 15) is 9.59 Å². The Morgan fingerprint density at radius 1 is 1.28 bits per heavy atom. The fraction of sp³-hybridized carbons (Fsp3) is 0.350. The summed E-state index contributed by atoms with van der Waals surface area (Å²) in [6, 6.07) is 11.0. The molecule has 0 bridgehead atoms. The predicted octanol–water partition coefficient (Wildman–Crippen LogP) is 1.71. The summed E-state index contributed by atoms with van der Waals surface area (Å²) in [5, 5.41) is 13.9. The number of nitrogens with one attached hydrogen (secondary N) is 2. The molecule has 2 atom stereocenters. The molecule has 150 valence electrons. The van der Waals surface area contributed by atoms with Gasteiger partial charge in [0, 0.05) is 25.6 Å². The second kappa shape index (κ2) is 7.86. The molecule has 9 nitrogen and oxygen atoms in total. The molecule has 2 unspecified atom stereocenters. The summed E-state index contributed by atoms with van der Waals surface area (Å²) in [6.07, 6.45) is 2.91. The van der Waals surface area contributed by atoms with Crippen LogP contribution < -0.4 is 10.2 Å². The molecule has 2 aromatic heterocycles. The molecule has 1 aliphatic rings. The summed E-state index contributed by atoms with van der Waals surface area (Å²) in [7, 11) is 1.69. The van der Waals surface area contributed by atoms with E-state index in [1.54, 1.807) is 24.0 Å². The maximum Gasteiger partial charge on any atom is 0.291 e. The molecule has 4 rings (SSSR count). The van der Waals surface area contributed by atoms with Crippen molar-refractivity contribution < 1.29 is 9.59 Å². The summed E-state index contributed by atoms with van der Waals surface area (Å²) in [5.41, 5.74) is 1.07. The summed E-state index contributed by atoms with van der Waals surface area (Å²) >= 11 is 0. The van der Waals surface area contributed by atoms with Crippen molar-refractivity contribution in [3.05, 3.63) is 59.8 Å². The second-order valence-electron chi connectivity index (χ2n) is 7.15. The average molecular weight is 393 g/mol. The van der Waals surface area contributed by atoms with E-state index in [-0.39, 0.29) is 17.6 Å². The van der Waals surface area contributed by atoms with Crippen molar-refractivity contribution in [1.29, 1.82) is 0 Å². The number of likely N-dealkylation sites (N-methyl/N-ethyl adjacent to an activating group) is 1. The molecule has 0 aliphatic carbocycles. The van der Waals surface area contributed by atoms with Gasteiger partial charge in [0.2, 0.25) is 11.7 Å². The van der Waals surface area contributed by atoms with Crippen LogP contribution in [0.2, 0.25) is 0 Å². The number of fused-ring (bicyclic) bond motifs is 1. The molecule has 3 aromatic rings. The van der Waals surface area contributed by atoms with Crippen molar-refractivity contribution in [2.75, 3.05) is 11.9 Å². The third-order valence-corrected chi connectivity index (χ3v) is 5.25. The maximum absolute atomic E-state index is 12.8. The standard InChI is InChI=1S/C20H23N7O2/c1-13(14-7-4-3-5-8-14)17-23-18(25-24-17)19(28)22-15-9-6-12-27-16(10-11-21-27)26(2)20(15)29/h3-5,7-8,10-11,13,15H,6,9,12H2,1-2H3,(H,22,28)(H,23,24,25). The minimum Gasteiger partial charge on any atom is -0.337 e. The minimum absolute atomic E-state index is 0.0281. The van der Waals surface area contributed by atoms with E-state index in [2.05, 4.69) is 25.6 Å². The lowest BCUT2D eigenvalue weighted by atomic mass is 10.0. The SMILES string of the molecule is CC(c1ccccc1)c1nc(C(=O)NC2CCCn3nccc3N(C)C2=O)n[nH]1. The lowest BCUT2D eigenvalue weighted by Crippen LogP contribution is -2.49. The van der Waals surface area contributed by atoms with E-state index in [1.165, 1.54) is 4.90 Å². The van der Waals surface area contributed by atoms with E-state index in [4.69, 9.17) is 0 Å². The van der Waals surface area contributed by atoms with Crippen LogP contribution in [0.25, 0.3) is 0 Å². The molecule has 3 heterocycles.